The van der Waals surface area contributed by atoms with Gasteiger partial charge >= 0.3 is 0 Å². The molecular weight excluding hydrogens is 368 g/mol. The van der Waals surface area contributed by atoms with Crippen LogP contribution in [0.4, 0.5) is 5.69 Å². The molecular formula is C23H32N2O2S. The molecule has 4 nitrogen and oxygen atoms in total. The van der Waals surface area contributed by atoms with Crippen molar-refractivity contribution < 1.29 is 9.47 Å². The monoisotopic (exact) mass is 400 g/mol. The Hall–Kier alpha value is -2.27. The number of thiocarbonyl (C=S) groups is 1. The molecule has 5 heteroatoms. The first-order valence-corrected chi connectivity index (χ1v) is 10.3. The second kappa shape index (κ2) is 11.5. The van der Waals surface area contributed by atoms with Crippen LogP contribution in [-0.4, -0.2) is 37.8 Å². The van der Waals surface area contributed by atoms with E-state index in [-0.39, 0.29) is 0 Å². The number of ether oxygens (including phenoxy) is 2. The van der Waals surface area contributed by atoms with Crippen molar-refractivity contribution in [3.05, 3.63) is 53.6 Å². The van der Waals surface area contributed by atoms with Crippen molar-refractivity contribution in [2.75, 3.05) is 33.1 Å². The molecule has 1 N–H and O–H groups in total. The van der Waals surface area contributed by atoms with E-state index in [9.17, 15) is 0 Å². The molecule has 2 aromatic rings. The Kier molecular flexibility index (Phi) is 9.08. The van der Waals surface area contributed by atoms with E-state index in [4.69, 9.17) is 21.7 Å². The molecule has 0 spiro atoms. The van der Waals surface area contributed by atoms with Gasteiger partial charge in [-0.25, -0.2) is 0 Å². The molecule has 0 radical (unpaired) electrons. The van der Waals surface area contributed by atoms with Gasteiger partial charge in [0.2, 0.25) is 0 Å². The van der Waals surface area contributed by atoms with Crippen LogP contribution in [0.25, 0.3) is 0 Å². The lowest BCUT2D eigenvalue weighted by atomic mass is 10.1. The molecule has 0 saturated carbocycles. The van der Waals surface area contributed by atoms with Gasteiger partial charge < -0.3 is 19.7 Å². The Bertz CT molecular complexity index is 747. The van der Waals surface area contributed by atoms with Gasteiger partial charge in [0.15, 0.2) is 16.6 Å². The predicted molar refractivity (Wildman–Crippen MR) is 122 cm³/mol. The minimum atomic E-state index is 0.744. The summed E-state index contributed by atoms with van der Waals surface area (Å²) in [6, 6.07) is 14.6. The quantitative estimate of drug-likeness (QED) is 0.547. The van der Waals surface area contributed by atoms with E-state index in [1.54, 1.807) is 14.2 Å². The fraction of sp³-hybridized carbons (Fsp3) is 0.435. The van der Waals surface area contributed by atoms with E-state index in [0.29, 0.717) is 0 Å². The molecule has 2 aromatic carbocycles. The molecule has 0 bridgehead atoms. The Balaban J connectivity index is 1.79. The SMILES string of the molecule is CCCCc1ccc(NC(=S)N(C)CCCc2ccc(OC)c(OC)c2)cc1. The third-order valence-electron chi connectivity index (χ3n) is 4.78. The maximum Gasteiger partial charge on any atom is 0.173 e. The Morgan fingerprint density at radius 3 is 2.21 bits per heavy atom. The standard InChI is InChI=1S/C23H32N2O2S/c1-5-6-8-18-10-13-20(14-11-18)24-23(28)25(2)16-7-9-19-12-15-21(26-3)22(17-19)27-4/h10-15,17H,5-9,16H2,1-4H3,(H,24,28). The summed E-state index contributed by atoms with van der Waals surface area (Å²) in [5.41, 5.74) is 3.64. The van der Waals surface area contributed by atoms with Gasteiger partial charge in [0.25, 0.3) is 0 Å². The highest BCUT2D eigenvalue weighted by Crippen LogP contribution is 2.28. The molecule has 0 heterocycles. The minimum Gasteiger partial charge on any atom is -0.493 e. The van der Waals surface area contributed by atoms with Gasteiger partial charge in [-0.05, 0) is 73.3 Å². The summed E-state index contributed by atoms with van der Waals surface area (Å²) in [6.07, 6.45) is 5.55. The van der Waals surface area contributed by atoms with Crippen LogP contribution in [0.1, 0.15) is 37.3 Å². The van der Waals surface area contributed by atoms with Crippen LogP contribution >= 0.6 is 12.2 Å². The lowest BCUT2D eigenvalue weighted by Gasteiger charge is -2.21. The van der Waals surface area contributed by atoms with Crippen LogP contribution in [0.2, 0.25) is 0 Å². The topological polar surface area (TPSA) is 33.7 Å². The lowest BCUT2D eigenvalue weighted by molar-refractivity contribution is 0.354. The molecule has 0 atom stereocenters. The van der Waals surface area contributed by atoms with E-state index in [2.05, 4.69) is 47.5 Å². The fourth-order valence-corrected chi connectivity index (χ4v) is 3.22. The highest BCUT2D eigenvalue weighted by molar-refractivity contribution is 7.80. The highest BCUT2D eigenvalue weighted by atomic mass is 32.1. The zero-order valence-electron chi connectivity index (χ0n) is 17.5. The van der Waals surface area contributed by atoms with Crippen molar-refractivity contribution in [2.24, 2.45) is 0 Å². The second-order valence-electron chi connectivity index (χ2n) is 6.95. The van der Waals surface area contributed by atoms with Crippen LogP contribution in [0, 0.1) is 0 Å². The van der Waals surface area contributed by atoms with Gasteiger partial charge in [-0.2, -0.15) is 0 Å². The third-order valence-corrected chi connectivity index (χ3v) is 5.19. The lowest BCUT2D eigenvalue weighted by Crippen LogP contribution is -2.32. The third kappa shape index (κ3) is 6.71. The van der Waals surface area contributed by atoms with E-state index < -0.39 is 0 Å². The second-order valence-corrected chi connectivity index (χ2v) is 7.33. The first-order chi connectivity index (χ1) is 13.6. The Morgan fingerprint density at radius 1 is 0.929 bits per heavy atom. The molecule has 0 aliphatic carbocycles. The van der Waals surface area contributed by atoms with Crippen LogP contribution < -0.4 is 14.8 Å². The number of nitrogens with zero attached hydrogens (tertiary/aromatic N) is 1. The number of anilines is 1. The maximum absolute atomic E-state index is 5.54. The van der Waals surface area contributed by atoms with Gasteiger partial charge in [0.05, 0.1) is 14.2 Å². The normalized spacial score (nSPS) is 10.4. The van der Waals surface area contributed by atoms with Gasteiger partial charge in [0.1, 0.15) is 0 Å². The molecule has 0 aliphatic rings. The number of unbranched alkanes of at least 4 members (excludes halogenated alkanes) is 1. The molecule has 0 saturated heterocycles. The average molecular weight is 401 g/mol. The van der Waals surface area contributed by atoms with E-state index >= 15 is 0 Å². The largest absolute Gasteiger partial charge is 0.493 e. The number of nitrogens with one attached hydrogen (secondary N) is 1. The summed E-state index contributed by atoms with van der Waals surface area (Å²) < 4.78 is 10.7. The van der Waals surface area contributed by atoms with Crippen LogP contribution in [0.15, 0.2) is 42.5 Å². The van der Waals surface area contributed by atoms with E-state index in [1.807, 2.05) is 19.2 Å². The minimum absolute atomic E-state index is 0.744. The van der Waals surface area contributed by atoms with Crippen LogP contribution in [-0.2, 0) is 12.8 Å². The van der Waals surface area contributed by atoms with E-state index in [0.717, 1.165) is 48.1 Å². The summed E-state index contributed by atoms with van der Waals surface area (Å²) in [7, 11) is 5.34. The molecule has 0 aliphatic heterocycles. The van der Waals surface area contributed by atoms with Gasteiger partial charge in [0, 0.05) is 19.3 Å². The smallest absolute Gasteiger partial charge is 0.173 e. The number of hydrogen-bond donors (Lipinski definition) is 1. The highest BCUT2D eigenvalue weighted by Gasteiger charge is 2.07. The molecule has 0 aromatic heterocycles. The van der Waals surface area contributed by atoms with Crippen molar-refractivity contribution in [3.8, 4) is 11.5 Å². The van der Waals surface area contributed by atoms with Crippen molar-refractivity contribution >= 4 is 23.0 Å². The summed E-state index contributed by atoms with van der Waals surface area (Å²) in [5, 5.41) is 4.07. The number of methoxy groups -OCH3 is 2. The Labute approximate surface area is 174 Å². The van der Waals surface area contributed by atoms with Crippen molar-refractivity contribution in [2.45, 2.75) is 39.0 Å². The van der Waals surface area contributed by atoms with Gasteiger partial charge in [-0.15, -0.1) is 0 Å². The molecule has 0 amide bonds. The summed E-state index contributed by atoms with van der Waals surface area (Å²) in [5.74, 6) is 1.53. The fourth-order valence-electron chi connectivity index (χ4n) is 3.01. The molecule has 0 fully saturated rings. The van der Waals surface area contributed by atoms with Crippen LogP contribution in [0.3, 0.4) is 0 Å². The Morgan fingerprint density at radius 2 is 1.57 bits per heavy atom. The average Bonchev–Trinajstić information content (AvgIpc) is 2.72. The van der Waals surface area contributed by atoms with Crippen molar-refractivity contribution in [1.82, 2.24) is 4.90 Å². The maximum atomic E-state index is 5.54. The zero-order chi connectivity index (χ0) is 20.4. The summed E-state index contributed by atoms with van der Waals surface area (Å²) in [6.45, 7) is 3.10. The summed E-state index contributed by atoms with van der Waals surface area (Å²) in [4.78, 5) is 2.08. The van der Waals surface area contributed by atoms with Crippen molar-refractivity contribution in [3.63, 3.8) is 0 Å². The van der Waals surface area contributed by atoms with Crippen molar-refractivity contribution in [1.29, 1.82) is 0 Å². The molecule has 0 unspecified atom stereocenters. The number of rotatable bonds is 10. The zero-order valence-corrected chi connectivity index (χ0v) is 18.3. The number of benzene rings is 2. The van der Waals surface area contributed by atoms with Gasteiger partial charge in [-0.1, -0.05) is 31.5 Å². The number of hydrogen-bond acceptors (Lipinski definition) is 3. The molecule has 152 valence electrons. The predicted octanol–water partition coefficient (Wildman–Crippen LogP) is 5.31. The molecule has 2 rings (SSSR count). The first-order valence-electron chi connectivity index (χ1n) is 9.89. The van der Waals surface area contributed by atoms with E-state index in [1.165, 1.54) is 24.0 Å². The van der Waals surface area contributed by atoms with Gasteiger partial charge in [-0.3, -0.25) is 0 Å². The first kappa shape index (κ1) is 22.0. The molecule has 28 heavy (non-hydrogen) atoms. The summed E-state index contributed by atoms with van der Waals surface area (Å²) >= 11 is 5.54. The number of aryl methyl sites for hydroxylation is 2. The van der Waals surface area contributed by atoms with Crippen LogP contribution in [0.5, 0.6) is 11.5 Å².